The summed E-state index contributed by atoms with van der Waals surface area (Å²) in [5.41, 5.74) is 3.56. The second-order valence-corrected chi connectivity index (χ2v) is 4.43. The van der Waals surface area contributed by atoms with Crippen LogP contribution in [0.2, 0.25) is 0 Å². The molecule has 1 aromatic carbocycles. The largest absolute Gasteiger partial charge is 0.341 e. The second-order valence-electron chi connectivity index (χ2n) is 4.43. The van der Waals surface area contributed by atoms with Gasteiger partial charge in [-0.05, 0) is 18.4 Å². The van der Waals surface area contributed by atoms with Crippen molar-refractivity contribution in [3.05, 3.63) is 41.3 Å². The molecule has 2 rings (SSSR count). The molecule has 0 saturated heterocycles. The summed E-state index contributed by atoms with van der Waals surface area (Å²) in [5, 5.41) is 9.00. The fraction of sp³-hybridized carbons (Fsp3) is 0.286. The Labute approximate surface area is 101 Å². The van der Waals surface area contributed by atoms with Gasteiger partial charge in [-0.3, -0.25) is 0 Å². The topological polar surface area (TPSA) is 52.5 Å². The van der Waals surface area contributed by atoms with Crippen molar-refractivity contribution in [1.82, 2.24) is 9.97 Å². The van der Waals surface area contributed by atoms with Gasteiger partial charge < -0.3 is 4.98 Å². The molecule has 0 aliphatic rings. The summed E-state index contributed by atoms with van der Waals surface area (Å²) in [6, 6.07) is 10.4. The third-order valence-electron chi connectivity index (χ3n) is 2.79. The number of aromatic nitrogens is 2. The number of nitrogens with one attached hydrogen (secondary N) is 1. The van der Waals surface area contributed by atoms with Crippen LogP contribution in [-0.4, -0.2) is 9.97 Å². The van der Waals surface area contributed by atoms with E-state index < -0.39 is 0 Å². The molecule has 0 fully saturated rings. The van der Waals surface area contributed by atoms with Crippen molar-refractivity contribution in [2.45, 2.75) is 26.7 Å². The van der Waals surface area contributed by atoms with Crippen LogP contribution < -0.4 is 0 Å². The number of nitrogens with zero attached hydrogens (tertiary/aromatic N) is 2. The predicted molar refractivity (Wildman–Crippen MR) is 67.6 cm³/mol. The van der Waals surface area contributed by atoms with Gasteiger partial charge in [-0.25, -0.2) is 4.98 Å². The summed E-state index contributed by atoms with van der Waals surface area (Å²) in [7, 11) is 0. The first-order valence-electron chi connectivity index (χ1n) is 5.69. The first-order valence-corrected chi connectivity index (χ1v) is 5.69. The second kappa shape index (κ2) is 4.42. The van der Waals surface area contributed by atoms with Gasteiger partial charge in [0.05, 0.1) is 5.69 Å². The van der Waals surface area contributed by atoms with E-state index in [-0.39, 0.29) is 0 Å². The maximum atomic E-state index is 9.00. The van der Waals surface area contributed by atoms with E-state index in [9.17, 15) is 0 Å². The maximum absolute atomic E-state index is 9.00. The zero-order valence-electron chi connectivity index (χ0n) is 10.3. The quantitative estimate of drug-likeness (QED) is 0.851. The number of benzene rings is 1. The van der Waals surface area contributed by atoms with E-state index in [0.717, 1.165) is 17.1 Å². The molecule has 17 heavy (non-hydrogen) atoms. The first kappa shape index (κ1) is 11.4. The van der Waals surface area contributed by atoms with Gasteiger partial charge in [0.2, 0.25) is 0 Å². The van der Waals surface area contributed by atoms with Crippen molar-refractivity contribution >= 4 is 0 Å². The summed E-state index contributed by atoms with van der Waals surface area (Å²) in [6.07, 6.45) is 0. The Morgan fingerprint density at radius 1 is 1.24 bits per heavy atom. The van der Waals surface area contributed by atoms with Crippen LogP contribution in [0.5, 0.6) is 0 Å². The molecular weight excluding hydrogens is 210 g/mol. The van der Waals surface area contributed by atoms with Gasteiger partial charge in [-0.1, -0.05) is 38.1 Å². The molecule has 1 N–H and O–H groups in total. The SMILES string of the molecule is Cc1nc(C#N)c(-c2ccc(C(C)C)cc2)[nH]1. The van der Waals surface area contributed by atoms with Crippen LogP contribution in [0.25, 0.3) is 11.3 Å². The van der Waals surface area contributed by atoms with Gasteiger partial charge in [0, 0.05) is 5.56 Å². The van der Waals surface area contributed by atoms with Crippen molar-refractivity contribution in [3.63, 3.8) is 0 Å². The molecule has 0 atom stereocenters. The highest BCUT2D eigenvalue weighted by molar-refractivity contribution is 5.65. The van der Waals surface area contributed by atoms with E-state index >= 15 is 0 Å². The number of imidazole rings is 1. The molecule has 0 aliphatic carbocycles. The standard InChI is InChI=1S/C14H15N3/c1-9(2)11-4-6-12(7-5-11)14-13(8-15)16-10(3)17-14/h4-7,9H,1-3H3,(H,16,17). The Hall–Kier alpha value is -2.08. The van der Waals surface area contributed by atoms with Crippen molar-refractivity contribution < 1.29 is 0 Å². The van der Waals surface area contributed by atoms with Gasteiger partial charge in [0.15, 0.2) is 5.69 Å². The lowest BCUT2D eigenvalue weighted by Gasteiger charge is -2.05. The average Bonchev–Trinajstić information content (AvgIpc) is 2.70. The fourth-order valence-corrected chi connectivity index (χ4v) is 1.82. The zero-order chi connectivity index (χ0) is 12.4. The summed E-state index contributed by atoms with van der Waals surface area (Å²) in [5.74, 6) is 1.28. The molecular formula is C14H15N3. The van der Waals surface area contributed by atoms with E-state index in [2.05, 4.69) is 42.0 Å². The highest BCUT2D eigenvalue weighted by Gasteiger charge is 2.09. The summed E-state index contributed by atoms with van der Waals surface area (Å²) in [4.78, 5) is 7.27. The van der Waals surface area contributed by atoms with E-state index in [1.54, 1.807) is 0 Å². The fourth-order valence-electron chi connectivity index (χ4n) is 1.82. The molecule has 1 heterocycles. The van der Waals surface area contributed by atoms with Crippen LogP contribution in [-0.2, 0) is 0 Å². The predicted octanol–water partition coefficient (Wildman–Crippen LogP) is 3.38. The molecule has 0 spiro atoms. The average molecular weight is 225 g/mol. The van der Waals surface area contributed by atoms with Crippen LogP contribution in [0.3, 0.4) is 0 Å². The van der Waals surface area contributed by atoms with Gasteiger partial charge in [0.25, 0.3) is 0 Å². The Morgan fingerprint density at radius 2 is 1.88 bits per heavy atom. The smallest absolute Gasteiger partial charge is 0.166 e. The van der Waals surface area contributed by atoms with Crippen LogP contribution >= 0.6 is 0 Å². The Kier molecular flexibility index (Phi) is 2.97. The summed E-state index contributed by atoms with van der Waals surface area (Å²) in [6.45, 7) is 6.18. The van der Waals surface area contributed by atoms with Gasteiger partial charge in [0.1, 0.15) is 11.9 Å². The molecule has 0 saturated carbocycles. The maximum Gasteiger partial charge on any atom is 0.166 e. The van der Waals surface area contributed by atoms with Crippen molar-refractivity contribution in [2.75, 3.05) is 0 Å². The van der Waals surface area contributed by atoms with Crippen LogP contribution in [0, 0.1) is 18.3 Å². The molecule has 0 radical (unpaired) electrons. The van der Waals surface area contributed by atoms with E-state index in [1.807, 2.05) is 19.1 Å². The van der Waals surface area contributed by atoms with E-state index in [1.165, 1.54) is 5.56 Å². The van der Waals surface area contributed by atoms with E-state index in [4.69, 9.17) is 5.26 Å². The number of aryl methyl sites for hydroxylation is 1. The zero-order valence-corrected chi connectivity index (χ0v) is 10.3. The molecule has 2 aromatic rings. The third kappa shape index (κ3) is 2.21. The number of nitriles is 1. The minimum Gasteiger partial charge on any atom is -0.341 e. The Bertz CT molecular complexity index is 556. The number of H-pyrrole nitrogens is 1. The summed E-state index contributed by atoms with van der Waals surface area (Å²) >= 11 is 0. The minimum absolute atomic E-state index is 0.458. The molecule has 1 aromatic heterocycles. The molecule has 0 amide bonds. The van der Waals surface area contributed by atoms with Crippen molar-refractivity contribution in [3.8, 4) is 17.3 Å². The van der Waals surface area contributed by atoms with Crippen LogP contribution in [0.15, 0.2) is 24.3 Å². The summed E-state index contributed by atoms with van der Waals surface area (Å²) < 4.78 is 0. The van der Waals surface area contributed by atoms with Gasteiger partial charge in [-0.2, -0.15) is 5.26 Å². The lowest BCUT2D eigenvalue weighted by molar-refractivity contribution is 0.867. The van der Waals surface area contributed by atoms with Gasteiger partial charge in [-0.15, -0.1) is 0 Å². The number of hydrogen-bond acceptors (Lipinski definition) is 2. The number of hydrogen-bond donors (Lipinski definition) is 1. The molecule has 0 bridgehead atoms. The molecule has 86 valence electrons. The van der Waals surface area contributed by atoms with Crippen LogP contribution in [0.1, 0.15) is 36.8 Å². The Balaban J connectivity index is 2.43. The number of rotatable bonds is 2. The molecule has 3 nitrogen and oxygen atoms in total. The monoisotopic (exact) mass is 225 g/mol. The minimum atomic E-state index is 0.458. The highest BCUT2D eigenvalue weighted by Crippen LogP contribution is 2.23. The normalized spacial score (nSPS) is 10.5. The third-order valence-corrected chi connectivity index (χ3v) is 2.79. The Morgan fingerprint density at radius 3 is 2.41 bits per heavy atom. The molecule has 3 heteroatoms. The van der Waals surface area contributed by atoms with Crippen LogP contribution in [0.4, 0.5) is 0 Å². The molecule has 0 unspecified atom stereocenters. The molecule has 0 aliphatic heterocycles. The number of aromatic amines is 1. The first-order chi connectivity index (χ1) is 8.11. The van der Waals surface area contributed by atoms with E-state index in [0.29, 0.717) is 11.6 Å². The highest BCUT2D eigenvalue weighted by atomic mass is 14.9. The van der Waals surface area contributed by atoms with Crippen molar-refractivity contribution in [1.29, 1.82) is 5.26 Å². The van der Waals surface area contributed by atoms with Gasteiger partial charge >= 0.3 is 0 Å². The van der Waals surface area contributed by atoms with Crippen molar-refractivity contribution in [2.24, 2.45) is 0 Å². The lowest BCUT2D eigenvalue weighted by atomic mass is 10.0. The lowest BCUT2D eigenvalue weighted by Crippen LogP contribution is -1.88.